The van der Waals surface area contributed by atoms with Gasteiger partial charge in [-0.2, -0.15) is 5.10 Å². The minimum Gasteiger partial charge on any atom is -0.493 e. The highest BCUT2D eigenvalue weighted by atomic mass is 16.6. The average molecular weight is 412 g/mol. The van der Waals surface area contributed by atoms with E-state index in [0.29, 0.717) is 11.5 Å². The Kier molecular flexibility index (Phi) is 5.92. The molecule has 154 valence electrons. The third-order valence-corrected chi connectivity index (χ3v) is 3.89. The maximum atomic E-state index is 12.5. The molecule has 1 heterocycles. The fraction of sp³-hybridized carbons (Fsp3) is 0.105. The number of anilines is 1. The number of hydrogen-bond acceptors (Lipinski definition) is 7. The van der Waals surface area contributed by atoms with Crippen LogP contribution in [0.25, 0.3) is 0 Å². The van der Waals surface area contributed by atoms with Gasteiger partial charge in [-0.3, -0.25) is 19.7 Å². The van der Waals surface area contributed by atoms with E-state index in [4.69, 9.17) is 14.6 Å². The highest BCUT2D eigenvalue weighted by Gasteiger charge is 2.18. The van der Waals surface area contributed by atoms with Gasteiger partial charge in [-0.05, 0) is 18.2 Å². The van der Waals surface area contributed by atoms with Crippen molar-refractivity contribution in [3.05, 3.63) is 70.5 Å². The van der Waals surface area contributed by atoms with E-state index in [1.165, 1.54) is 31.5 Å². The number of rotatable bonds is 8. The number of carboxylic acids is 1. The van der Waals surface area contributed by atoms with Crippen LogP contribution in [0.4, 0.5) is 11.4 Å². The molecule has 0 aliphatic heterocycles. The maximum Gasteiger partial charge on any atom is 0.325 e. The van der Waals surface area contributed by atoms with Gasteiger partial charge in [0.2, 0.25) is 0 Å². The van der Waals surface area contributed by atoms with Crippen LogP contribution in [-0.4, -0.2) is 38.8 Å². The lowest BCUT2D eigenvalue weighted by atomic mass is 10.2. The van der Waals surface area contributed by atoms with Crippen LogP contribution in [0.1, 0.15) is 10.5 Å². The third kappa shape index (κ3) is 4.70. The molecule has 0 unspecified atom stereocenters. The zero-order chi connectivity index (χ0) is 21.7. The third-order valence-electron chi connectivity index (χ3n) is 3.89. The van der Waals surface area contributed by atoms with Crippen LogP contribution >= 0.6 is 0 Å². The van der Waals surface area contributed by atoms with Crippen molar-refractivity contribution < 1.29 is 29.1 Å². The van der Waals surface area contributed by atoms with E-state index >= 15 is 0 Å². The number of nitro benzene ring substituents is 1. The normalized spacial score (nSPS) is 10.3. The predicted molar refractivity (Wildman–Crippen MR) is 104 cm³/mol. The van der Waals surface area contributed by atoms with Crippen molar-refractivity contribution in [1.29, 1.82) is 0 Å². The molecule has 0 saturated heterocycles. The molecule has 11 nitrogen and oxygen atoms in total. The molecule has 1 aromatic heterocycles. The van der Waals surface area contributed by atoms with Gasteiger partial charge in [0, 0.05) is 18.3 Å². The Balaban J connectivity index is 1.90. The van der Waals surface area contributed by atoms with E-state index in [9.17, 15) is 19.7 Å². The first kappa shape index (κ1) is 20.3. The molecule has 0 spiro atoms. The Morgan fingerprint density at radius 3 is 2.60 bits per heavy atom. The molecule has 11 heteroatoms. The monoisotopic (exact) mass is 412 g/mol. The average Bonchev–Trinajstić information content (AvgIpc) is 3.15. The van der Waals surface area contributed by atoms with Gasteiger partial charge in [-0.25, -0.2) is 4.68 Å². The summed E-state index contributed by atoms with van der Waals surface area (Å²) >= 11 is 0. The summed E-state index contributed by atoms with van der Waals surface area (Å²) in [6, 6.07) is 11.8. The predicted octanol–water partition coefficient (Wildman–Crippen LogP) is 2.93. The molecule has 0 aliphatic carbocycles. The summed E-state index contributed by atoms with van der Waals surface area (Å²) in [6.45, 7) is -0.507. The maximum absolute atomic E-state index is 12.5. The van der Waals surface area contributed by atoms with Crippen LogP contribution in [0.5, 0.6) is 17.2 Å². The fourth-order valence-corrected chi connectivity index (χ4v) is 2.62. The van der Waals surface area contributed by atoms with Crippen molar-refractivity contribution in [3.8, 4) is 17.2 Å². The summed E-state index contributed by atoms with van der Waals surface area (Å²) < 4.78 is 11.9. The van der Waals surface area contributed by atoms with Crippen molar-refractivity contribution in [3.63, 3.8) is 0 Å². The smallest absolute Gasteiger partial charge is 0.325 e. The summed E-state index contributed by atoms with van der Waals surface area (Å²) in [7, 11) is 1.46. The van der Waals surface area contributed by atoms with Gasteiger partial charge >= 0.3 is 5.97 Å². The van der Waals surface area contributed by atoms with Crippen molar-refractivity contribution in [2.75, 3.05) is 12.4 Å². The molecule has 0 fully saturated rings. The molecule has 30 heavy (non-hydrogen) atoms. The highest BCUT2D eigenvalue weighted by molar-refractivity contribution is 6.03. The second kappa shape index (κ2) is 8.73. The van der Waals surface area contributed by atoms with E-state index in [0.717, 1.165) is 10.7 Å². The van der Waals surface area contributed by atoms with Crippen LogP contribution in [0.3, 0.4) is 0 Å². The summed E-state index contributed by atoms with van der Waals surface area (Å²) in [4.78, 5) is 34.1. The standard InChI is InChI=1S/C19H16N4O7/c1-29-16-4-2-3-5-17(16)30-14-9-12(8-13(10-14)23(27)28)21-19(26)15-6-7-20-22(15)11-18(24)25/h2-10H,11H2,1H3,(H,21,26)(H,24,25). The number of aliphatic carboxylic acids is 1. The fourth-order valence-electron chi connectivity index (χ4n) is 2.62. The molecule has 1 amide bonds. The largest absolute Gasteiger partial charge is 0.493 e. The lowest BCUT2D eigenvalue weighted by Crippen LogP contribution is -2.20. The lowest BCUT2D eigenvalue weighted by molar-refractivity contribution is -0.384. The van der Waals surface area contributed by atoms with E-state index < -0.39 is 23.3 Å². The summed E-state index contributed by atoms with van der Waals surface area (Å²) in [6.07, 6.45) is 1.28. The lowest BCUT2D eigenvalue weighted by Gasteiger charge is -2.12. The number of carbonyl (C=O) groups excluding carboxylic acids is 1. The van der Waals surface area contributed by atoms with Crippen LogP contribution in [0.15, 0.2) is 54.7 Å². The Morgan fingerprint density at radius 1 is 1.20 bits per heavy atom. The van der Waals surface area contributed by atoms with E-state index in [-0.39, 0.29) is 22.8 Å². The number of methoxy groups -OCH3 is 1. The quantitative estimate of drug-likeness (QED) is 0.424. The van der Waals surface area contributed by atoms with Crippen molar-refractivity contribution in [2.45, 2.75) is 6.54 Å². The first-order chi connectivity index (χ1) is 14.4. The SMILES string of the molecule is COc1ccccc1Oc1cc(NC(=O)c2ccnn2CC(=O)O)cc([N+](=O)[O-])c1. The van der Waals surface area contributed by atoms with Crippen molar-refractivity contribution >= 4 is 23.3 Å². The van der Waals surface area contributed by atoms with Crippen LogP contribution in [0.2, 0.25) is 0 Å². The van der Waals surface area contributed by atoms with Crippen molar-refractivity contribution in [2.24, 2.45) is 0 Å². The van der Waals surface area contributed by atoms with Crippen LogP contribution in [-0.2, 0) is 11.3 Å². The number of para-hydroxylation sites is 2. The minimum atomic E-state index is -1.17. The number of nitrogens with one attached hydrogen (secondary N) is 1. The molecule has 2 aromatic carbocycles. The van der Waals surface area contributed by atoms with Crippen LogP contribution in [0, 0.1) is 10.1 Å². The Morgan fingerprint density at radius 2 is 1.93 bits per heavy atom. The zero-order valence-corrected chi connectivity index (χ0v) is 15.6. The number of carboxylic acid groups (broad SMARTS) is 1. The molecular formula is C19H16N4O7. The van der Waals surface area contributed by atoms with Gasteiger partial charge in [0.1, 0.15) is 18.0 Å². The number of amides is 1. The number of benzene rings is 2. The first-order valence-corrected chi connectivity index (χ1v) is 8.52. The van der Waals surface area contributed by atoms with Gasteiger partial charge < -0.3 is 19.9 Å². The number of hydrogen-bond donors (Lipinski definition) is 2. The summed E-state index contributed by atoms with van der Waals surface area (Å²) in [5, 5.41) is 26.5. The number of nitro groups is 1. The van der Waals surface area contributed by atoms with E-state index in [1.54, 1.807) is 24.3 Å². The number of aromatic nitrogens is 2. The topological polar surface area (TPSA) is 146 Å². The molecule has 3 aromatic rings. The van der Waals surface area contributed by atoms with Crippen molar-refractivity contribution in [1.82, 2.24) is 9.78 Å². The number of nitrogens with zero attached hydrogens (tertiary/aromatic N) is 3. The van der Waals surface area contributed by atoms with Gasteiger partial charge in [0.05, 0.1) is 23.8 Å². The molecular weight excluding hydrogens is 396 g/mol. The molecule has 0 radical (unpaired) electrons. The Labute approximate surface area is 169 Å². The van der Waals surface area contributed by atoms with Gasteiger partial charge in [-0.15, -0.1) is 0 Å². The van der Waals surface area contributed by atoms with Gasteiger partial charge in [0.25, 0.3) is 11.6 Å². The summed E-state index contributed by atoms with van der Waals surface area (Å²) in [5.41, 5.74) is -0.241. The second-order valence-electron chi connectivity index (χ2n) is 5.95. The number of carbonyl (C=O) groups is 2. The number of non-ortho nitro benzene ring substituents is 1. The minimum absolute atomic E-state index is 0.0175. The molecule has 0 atom stereocenters. The second-order valence-corrected chi connectivity index (χ2v) is 5.95. The van der Waals surface area contributed by atoms with E-state index in [2.05, 4.69) is 10.4 Å². The van der Waals surface area contributed by atoms with Gasteiger partial charge in [-0.1, -0.05) is 12.1 Å². The zero-order valence-electron chi connectivity index (χ0n) is 15.6. The first-order valence-electron chi connectivity index (χ1n) is 8.52. The van der Waals surface area contributed by atoms with E-state index in [1.807, 2.05) is 0 Å². The molecule has 0 aliphatic rings. The summed E-state index contributed by atoms with van der Waals surface area (Å²) in [5.74, 6) is -0.999. The molecule has 0 saturated carbocycles. The van der Waals surface area contributed by atoms with Gasteiger partial charge in [0.15, 0.2) is 11.5 Å². The highest BCUT2D eigenvalue weighted by Crippen LogP contribution is 2.34. The van der Waals surface area contributed by atoms with Crippen LogP contribution < -0.4 is 14.8 Å². The number of ether oxygens (including phenoxy) is 2. The Hall–Kier alpha value is -4.41. The molecule has 2 N–H and O–H groups in total. The Bertz CT molecular complexity index is 1110. The molecule has 0 bridgehead atoms. The molecule has 3 rings (SSSR count).